The normalized spacial score (nSPS) is 11.8. The quantitative estimate of drug-likeness (QED) is 0.731. The molecule has 0 fully saturated rings. The van der Waals surface area contributed by atoms with E-state index in [0.717, 1.165) is 12.1 Å². The second-order valence-electron chi connectivity index (χ2n) is 5.32. The maximum Gasteiger partial charge on any atom is 0.326 e. The Kier molecular flexibility index (Phi) is 6.50. The minimum atomic E-state index is -1.22. The van der Waals surface area contributed by atoms with Gasteiger partial charge in [-0.3, -0.25) is 4.79 Å². The first-order valence-electron chi connectivity index (χ1n) is 7.16. The van der Waals surface area contributed by atoms with Gasteiger partial charge in [-0.15, -0.1) is 0 Å². The maximum atomic E-state index is 13.2. The van der Waals surface area contributed by atoms with Gasteiger partial charge in [0.1, 0.15) is 6.04 Å². The average molecular weight is 433 g/mol. The van der Waals surface area contributed by atoms with Gasteiger partial charge in [-0.05, 0) is 41.5 Å². The summed E-state index contributed by atoms with van der Waals surface area (Å²) >= 11 is 9.20. The van der Waals surface area contributed by atoms with Gasteiger partial charge in [-0.1, -0.05) is 33.6 Å². The van der Waals surface area contributed by atoms with E-state index in [-0.39, 0.29) is 18.4 Å². The molecule has 0 radical (unpaired) electrons. The summed E-state index contributed by atoms with van der Waals surface area (Å²) in [6.07, 6.45) is -0.252. The lowest BCUT2D eigenvalue weighted by atomic mass is 10.1. The molecular formula is C17H13BrClF2NO3. The zero-order chi connectivity index (χ0) is 18.6. The molecule has 0 bridgehead atoms. The molecule has 132 valence electrons. The Hall–Kier alpha value is -1.99. The fraction of sp³-hybridized carbons (Fsp3) is 0.176. The predicted octanol–water partition coefficient (Wildman–Crippen LogP) is 3.74. The first kappa shape index (κ1) is 19.3. The number of hydrogen-bond donors (Lipinski definition) is 2. The molecule has 8 heteroatoms. The summed E-state index contributed by atoms with van der Waals surface area (Å²) < 4.78 is 26.7. The van der Waals surface area contributed by atoms with Crippen molar-refractivity contribution < 1.29 is 23.5 Å². The highest BCUT2D eigenvalue weighted by atomic mass is 79.9. The lowest BCUT2D eigenvalue weighted by Gasteiger charge is -2.16. The Morgan fingerprint density at radius 3 is 2.52 bits per heavy atom. The highest BCUT2D eigenvalue weighted by Crippen LogP contribution is 2.22. The zero-order valence-electron chi connectivity index (χ0n) is 12.7. The summed E-state index contributed by atoms with van der Waals surface area (Å²) in [6, 6.07) is 6.82. The number of hydrogen-bond acceptors (Lipinski definition) is 2. The Bertz CT molecular complexity index is 816. The van der Waals surface area contributed by atoms with Crippen LogP contribution in [0.4, 0.5) is 8.78 Å². The van der Waals surface area contributed by atoms with E-state index >= 15 is 0 Å². The number of rotatable bonds is 6. The fourth-order valence-electron chi connectivity index (χ4n) is 2.20. The third kappa shape index (κ3) is 5.51. The number of halogens is 4. The molecule has 0 aliphatic heterocycles. The zero-order valence-corrected chi connectivity index (χ0v) is 15.1. The van der Waals surface area contributed by atoms with E-state index in [1.165, 1.54) is 6.07 Å². The van der Waals surface area contributed by atoms with E-state index < -0.39 is 29.6 Å². The van der Waals surface area contributed by atoms with E-state index in [1.807, 2.05) is 0 Å². The summed E-state index contributed by atoms with van der Waals surface area (Å²) in [5, 5.41) is 12.1. The number of nitrogens with one attached hydrogen (secondary N) is 1. The van der Waals surface area contributed by atoms with Crippen LogP contribution in [0.25, 0.3) is 0 Å². The summed E-state index contributed by atoms with van der Waals surface area (Å²) in [5.41, 5.74) is 0.859. The van der Waals surface area contributed by atoms with Crippen molar-refractivity contribution in [3.63, 3.8) is 0 Å². The van der Waals surface area contributed by atoms with Gasteiger partial charge >= 0.3 is 5.97 Å². The molecule has 0 aromatic heterocycles. The molecule has 0 heterocycles. The summed E-state index contributed by atoms with van der Waals surface area (Å²) in [7, 11) is 0. The van der Waals surface area contributed by atoms with Gasteiger partial charge in [-0.25, -0.2) is 13.6 Å². The van der Waals surface area contributed by atoms with Crippen LogP contribution in [-0.4, -0.2) is 23.0 Å². The van der Waals surface area contributed by atoms with Gasteiger partial charge in [0, 0.05) is 15.9 Å². The standard InChI is InChI=1S/C17H13BrClF2NO3/c18-12-3-2-11(19)7-10(12)8-15(17(24)25)22-16(23)6-9-1-4-13(20)14(21)5-9/h1-5,7,15H,6,8H2,(H,22,23)(H,24,25)/t15-/m1/s1. The SMILES string of the molecule is O=C(Cc1ccc(F)c(F)c1)N[C@H](Cc1cc(Cl)ccc1Br)C(=O)O. The molecule has 2 aromatic carbocycles. The number of benzene rings is 2. The number of amides is 1. The van der Waals surface area contributed by atoms with Gasteiger partial charge in [0.15, 0.2) is 11.6 Å². The van der Waals surface area contributed by atoms with Crippen LogP contribution < -0.4 is 5.32 Å². The minimum absolute atomic E-state index is 0.0139. The van der Waals surface area contributed by atoms with Crippen molar-refractivity contribution in [2.45, 2.75) is 18.9 Å². The molecule has 2 N–H and O–H groups in total. The first-order chi connectivity index (χ1) is 11.8. The highest BCUT2D eigenvalue weighted by Gasteiger charge is 2.22. The van der Waals surface area contributed by atoms with Crippen LogP contribution in [0.1, 0.15) is 11.1 Å². The van der Waals surface area contributed by atoms with E-state index in [0.29, 0.717) is 15.1 Å². The van der Waals surface area contributed by atoms with E-state index in [4.69, 9.17) is 11.6 Å². The Labute approximate surface area is 155 Å². The molecule has 0 aliphatic carbocycles. The number of carboxylic acids is 1. The fourth-order valence-corrected chi connectivity index (χ4v) is 2.80. The van der Waals surface area contributed by atoms with Crippen LogP contribution in [0.15, 0.2) is 40.9 Å². The van der Waals surface area contributed by atoms with Crippen molar-refractivity contribution in [1.29, 1.82) is 0 Å². The van der Waals surface area contributed by atoms with E-state index in [1.54, 1.807) is 18.2 Å². The van der Waals surface area contributed by atoms with Crippen LogP contribution in [0, 0.1) is 11.6 Å². The minimum Gasteiger partial charge on any atom is -0.480 e. The maximum absolute atomic E-state index is 13.2. The largest absolute Gasteiger partial charge is 0.480 e. The number of carboxylic acid groups (broad SMARTS) is 1. The average Bonchev–Trinajstić information content (AvgIpc) is 2.53. The second-order valence-corrected chi connectivity index (χ2v) is 6.61. The van der Waals surface area contributed by atoms with Gasteiger partial charge in [-0.2, -0.15) is 0 Å². The summed E-state index contributed by atoms with van der Waals surface area (Å²) in [4.78, 5) is 23.5. The molecule has 0 saturated carbocycles. The van der Waals surface area contributed by atoms with Crippen LogP contribution in [-0.2, 0) is 22.4 Å². The lowest BCUT2D eigenvalue weighted by Crippen LogP contribution is -2.43. The third-order valence-electron chi connectivity index (χ3n) is 3.41. The first-order valence-corrected chi connectivity index (χ1v) is 8.33. The van der Waals surface area contributed by atoms with Crippen LogP contribution in [0.5, 0.6) is 0 Å². The molecule has 0 aliphatic rings. The number of carbonyl (C=O) groups excluding carboxylic acids is 1. The van der Waals surface area contributed by atoms with Gasteiger partial charge in [0.05, 0.1) is 6.42 Å². The molecule has 1 amide bonds. The molecule has 0 saturated heterocycles. The molecule has 0 spiro atoms. The predicted molar refractivity (Wildman–Crippen MR) is 92.5 cm³/mol. The lowest BCUT2D eigenvalue weighted by molar-refractivity contribution is -0.141. The van der Waals surface area contributed by atoms with Crippen LogP contribution >= 0.6 is 27.5 Å². The van der Waals surface area contributed by atoms with E-state index in [2.05, 4.69) is 21.2 Å². The Balaban J connectivity index is 2.07. The Morgan fingerprint density at radius 2 is 1.88 bits per heavy atom. The third-order valence-corrected chi connectivity index (χ3v) is 4.42. The summed E-state index contributed by atoms with van der Waals surface area (Å²) in [5.74, 6) is -3.91. The van der Waals surface area contributed by atoms with Gasteiger partial charge < -0.3 is 10.4 Å². The van der Waals surface area contributed by atoms with Crippen molar-refractivity contribution >= 4 is 39.4 Å². The molecule has 0 unspecified atom stereocenters. The Morgan fingerprint density at radius 1 is 1.16 bits per heavy atom. The molecule has 1 atom stereocenters. The summed E-state index contributed by atoms with van der Waals surface area (Å²) in [6.45, 7) is 0. The van der Waals surface area contributed by atoms with Crippen molar-refractivity contribution in [3.8, 4) is 0 Å². The monoisotopic (exact) mass is 431 g/mol. The molecule has 2 aromatic rings. The molecule has 2 rings (SSSR count). The second kappa shape index (κ2) is 8.40. The molecular weight excluding hydrogens is 420 g/mol. The van der Waals surface area contributed by atoms with Crippen LogP contribution in [0.2, 0.25) is 5.02 Å². The molecule has 4 nitrogen and oxygen atoms in total. The van der Waals surface area contributed by atoms with Crippen molar-refractivity contribution in [1.82, 2.24) is 5.32 Å². The van der Waals surface area contributed by atoms with Crippen molar-refractivity contribution in [3.05, 3.63) is 68.7 Å². The van der Waals surface area contributed by atoms with Crippen molar-refractivity contribution in [2.24, 2.45) is 0 Å². The van der Waals surface area contributed by atoms with E-state index in [9.17, 15) is 23.5 Å². The highest BCUT2D eigenvalue weighted by molar-refractivity contribution is 9.10. The topological polar surface area (TPSA) is 66.4 Å². The number of aliphatic carboxylic acids is 1. The number of carbonyl (C=O) groups is 2. The molecule has 25 heavy (non-hydrogen) atoms. The van der Waals surface area contributed by atoms with Crippen molar-refractivity contribution in [2.75, 3.05) is 0 Å². The van der Waals surface area contributed by atoms with Gasteiger partial charge in [0.25, 0.3) is 0 Å². The smallest absolute Gasteiger partial charge is 0.326 e. The van der Waals surface area contributed by atoms with Gasteiger partial charge in [0.2, 0.25) is 5.91 Å². The van der Waals surface area contributed by atoms with Crippen LogP contribution in [0.3, 0.4) is 0 Å².